The van der Waals surface area contributed by atoms with Gasteiger partial charge >= 0.3 is 0 Å². The number of benzene rings is 3. The van der Waals surface area contributed by atoms with Crippen LogP contribution in [-0.2, 0) is 14.2 Å². The summed E-state index contributed by atoms with van der Waals surface area (Å²) in [4.78, 5) is 12.2. The van der Waals surface area contributed by atoms with E-state index in [1.165, 1.54) is 23.4 Å². The molecule has 3 fully saturated rings. The van der Waals surface area contributed by atoms with Crippen molar-refractivity contribution >= 4 is 57.6 Å². The Morgan fingerprint density at radius 2 is 1.06 bits per heavy atom. The first-order chi connectivity index (χ1) is 30.4. The molecule has 3 aromatic carbocycles. The molecule has 0 aliphatic carbocycles. The molecule has 13 nitrogen and oxygen atoms in total. The number of nitrogens with one attached hydrogen (secondary N) is 6. The Hall–Kier alpha value is -5.42. The van der Waals surface area contributed by atoms with Crippen LogP contribution in [0.1, 0.15) is 35.0 Å². The molecule has 3 atom stereocenters. The quantitative estimate of drug-likeness (QED) is 0.0729. The van der Waals surface area contributed by atoms with Gasteiger partial charge in [0.25, 0.3) is 0 Å². The normalized spacial score (nSPS) is 18.5. The summed E-state index contributed by atoms with van der Waals surface area (Å²) in [6.07, 6.45) is 5.21. The summed E-state index contributed by atoms with van der Waals surface area (Å²) in [6.45, 7) is 7.55. The summed E-state index contributed by atoms with van der Waals surface area (Å²) in [5.74, 6) is 1.78. The molecular weight excluding hydrogens is 832 g/mol. The van der Waals surface area contributed by atoms with Gasteiger partial charge in [0.2, 0.25) is 0 Å². The number of halogens is 3. The second-order valence-electron chi connectivity index (χ2n) is 14.4. The van der Waals surface area contributed by atoms with Crippen LogP contribution in [0.5, 0.6) is 5.75 Å². The van der Waals surface area contributed by atoms with Crippen LogP contribution in [0.25, 0.3) is 0 Å². The highest BCUT2D eigenvalue weighted by molar-refractivity contribution is 6.30. The lowest BCUT2D eigenvalue weighted by Crippen LogP contribution is -2.33. The zero-order valence-electron chi connectivity index (χ0n) is 34.3. The first kappa shape index (κ1) is 44.6. The molecule has 62 heavy (non-hydrogen) atoms. The fourth-order valence-corrected chi connectivity index (χ4v) is 6.91. The maximum Gasteiger partial charge on any atom is 0.164 e. The smallest absolute Gasteiger partial charge is 0.164 e. The molecular formula is C46H50Cl2FN9O4. The molecule has 0 spiro atoms. The van der Waals surface area contributed by atoms with Crippen molar-refractivity contribution in [3.8, 4) is 5.75 Å². The predicted octanol–water partition coefficient (Wildman–Crippen LogP) is 8.91. The van der Waals surface area contributed by atoms with Crippen LogP contribution in [0.4, 0.5) is 38.8 Å². The number of rotatable bonds is 10. The van der Waals surface area contributed by atoms with E-state index < -0.39 is 5.82 Å². The number of anilines is 6. The summed E-state index contributed by atoms with van der Waals surface area (Å²) in [6, 6.07) is 33.0. The van der Waals surface area contributed by atoms with Crippen LogP contribution in [0.15, 0.2) is 122 Å². The Labute approximate surface area is 371 Å². The lowest BCUT2D eigenvalue weighted by molar-refractivity contribution is 0.0276. The Bertz CT molecular complexity index is 2260. The molecule has 6 aromatic rings. The van der Waals surface area contributed by atoms with Gasteiger partial charge in [-0.3, -0.25) is 0 Å². The van der Waals surface area contributed by atoms with Gasteiger partial charge in [0.05, 0.1) is 62.1 Å². The summed E-state index contributed by atoms with van der Waals surface area (Å²) >= 11 is 11.4. The minimum absolute atomic E-state index is 0.0856. The highest BCUT2D eigenvalue weighted by Gasteiger charge is 2.17. The van der Waals surface area contributed by atoms with Gasteiger partial charge in [-0.25, -0.2) is 19.3 Å². The van der Waals surface area contributed by atoms with Crippen molar-refractivity contribution < 1.29 is 23.3 Å². The molecule has 324 valence electrons. The standard InChI is InChI=1S/C16H19N3O2.C15H15ClFN3O.C15H16ClN3O/c1-20-14-6-7-18-16(10-14)19-13-4-2-12(3-5-13)15-11-17-8-9-21-15;16-15-13(17)7-12(8-19-15)20-11-3-1-10(2-4-11)14-9-18-5-6-21-14;16-12-3-6-15(18-9-12)19-13-4-1-11(2-5-13)14-10-17-7-8-20-14/h2-7,10,15,17H,8-9,11H2,1H3,(H,18,19);1-4,7-8,14,18,20H,5-6,9H2;1-6,9,14,17H,7-8,10H2,(H,18,19)/t15-;2*14-/m111/s1. The van der Waals surface area contributed by atoms with E-state index in [0.29, 0.717) is 10.7 Å². The molecule has 6 N–H and O–H groups in total. The summed E-state index contributed by atoms with van der Waals surface area (Å²) in [5, 5.41) is 20.0. The average Bonchev–Trinajstić information content (AvgIpc) is 3.33. The highest BCUT2D eigenvalue weighted by Crippen LogP contribution is 2.26. The first-order valence-corrected chi connectivity index (χ1v) is 21.1. The van der Waals surface area contributed by atoms with E-state index in [-0.39, 0.29) is 23.5 Å². The Balaban J connectivity index is 0.000000140. The molecule has 6 heterocycles. The summed E-state index contributed by atoms with van der Waals surface area (Å²) in [5.41, 5.74) is 6.88. The van der Waals surface area contributed by atoms with Gasteiger partial charge in [-0.15, -0.1) is 0 Å². The number of hydrogen-bond acceptors (Lipinski definition) is 13. The van der Waals surface area contributed by atoms with Crippen molar-refractivity contribution in [2.45, 2.75) is 18.3 Å². The average molecular weight is 883 g/mol. The number of hydrogen-bond donors (Lipinski definition) is 6. The number of aromatic nitrogens is 3. The third kappa shape index (κ3) is 13.5. The number of ether oxygens (including phenoxy) is 4. The molecule has 9 rings (SSSR count). The number of pyridine rings is 3. The van der Waals surface area contributed by atoms with Gasteiger partial charge in [-0.2, -0.15) is 0 Å². The molecule has 3 saturated heterocycles. The van der Waals surface area contributed by atoms with Crippen molar-refractivity contribution in [2.24, 2.45) is 0 Å². The second-order valence-corrected chi connectivity index (χ2v) is 15.2. The molecule has 0 amide bonds. The zero-order chi connectivity index (χ0) is 42.9. The molecule has 16 heteroatoms. The van der Waals surface area contributed by atoms with Crippen LogP contribution in [0.2, 0.25) is 10.2 Å². The molecule has 0 radical (unpaired) electrons. The molecule has 3 aromatic heterocycles. The Morgan fingerprint density at radius 3 is 1.50 bits per heavy atom. The summed E-state index contributed by atoms with van der Waals surface area (Å²) in [7, 11) is 1.64. The Morgan fingerprint density at radius 1 is 0.565 bits per heavy atom. The van der Waals surface area contributed by atoms with Gasteiger partial charge in [0, 0.05) is 80.9 Å². The van der Waals surface area contributed by atoms with E-state index in [9.17, 15) is 4.39 Å². The zero-order valence-corrected chi connectivity index (χ0v) is 35.8. The molecule has 3 aliphatic rings. The van der Waals surface area contributed by atoms with Crippen molar-refractivity contribution in [2.75, 3.05) is 82.1 Å². The topological polar surface area (TPSA) is 148 Å². The minimum Gasteiger partial charge on any atom is -0.497 e. The maximum atomic E-state index is 13.3. The highest BCUT2D eigenvalue weighted by atomic mass is 35.5. The van der Waals surface area contributed by atoms with E-state index in [1.54, 1.807) is 19.5 Å². The van der Waals surface area contributed by atoms with Crippen LogP contribution in [0.3, 0.4) is 0 Å². The van der Waals surface area contributed by atoms with Gasteiger partial charge in [0.15, 0.2) is 11.0 Å². The fourth-order valence-electron chi connectivity index (χ4n) is 6.69. The van der Waals surface area contributed by atoms with Crippen molar-refractivity contribution in [1.82, 2.24) is 30.9 Å². The van der Waals surface area contributed by atoms with Crippen LogP contribution in [0, 0.1) is 5.82 Å². The van der Waals surface area contributed by atoms with Crippen molar-refractivity contribution in [3.63, 3.8) is 0 Å². The van der Waals surface area contributed by atoms with Crippen LogP contribution < -0.4 is 36.6 Å². The molecule has 3 aliphatic heterocycles. The SMILES string of the molecule is COc1ccnc(Nc2ccc([C@H]3CNCCO3)cc2)c1.Clc1ccc(Nc2ccc([C@H]3CNCCO3)cc2)nc1.Fc1cc(Nc2ccc([C@H]3CNCCO3)cc2)cnc1Cl. The lowest BCUT2D eigenvalue weighted by atomic mass is 10.1. The number of nitrogens with zero attached hydrogens (tertiary/aromatic N) is 3. The van der Waals surface area contributed by atoms with E-state index in [1.807, 2.05) is 72.8 Å². The monoisotopic (exact) mass is 881 g/mol. The van der Waals surface area contributed by atoms with Gasteiger partial charge in [0.1, 0.15) is 17.4 Å². The van der Waals surface area contributed by atoms with E-state index in [2.05, 4.69) is 71.1 Å². The number of morpholine rings is 3. The van der Waals surface area contributed by atoms with Crippen LogP contribution in [-0.4, -0.2) is 81.2 Å². The van der Waals surface area contributed by atoms with Gasteiger partial charge in [-0.05, 0) is 71.3 Å². The van der Waals surface area contributed by atoms with Gasteiger partial charge in [-0.1, -0.05) is 59.6 Å². The molecule has 0 unspecified atom stereocenters. The van der Waals surface area contributed by atoms with E-state index >= 15 is 0 Å². The Kier molecular flexibility index (Phi) is 16.7. The van der Waals surface area contributed by atoms with Crippen molar-refractivity contribution in [3.05, 3.63) is 154 Å². The van der Waals surface area contributed by atoms with Gasteiger partial charge < -0.3 is 50.8 Å². The van der Waals surface area contributed by atoms with E-state index in [4.69, 9.17) is 42.1 Å². The maximum absolute atomic E-state index is 13.3. The predicted molar refractivity (Wildman–Crippen MR) is 243 cm³/mol. The third-order valence-corrected chi connectivity index (χ3v) is 10.5. The molecule has 0 saturated carbocycles. The molecule has 0 bridgehead atoms. The first-order valence-electron chi connectivity index (χ1n) is 20.4. The largest absolute Gasteiger partial charge is 0.497 e. The third-order valence-electron chi connectivity index (χ3n) is 9.95. The number of methoxy groups -OCH3 is 1. The fraction of sp³-hybridized carbons (Fsp3) is 0.283. The van der Waals surface area contributed by atoms with Crippen molar-refractivity contribution in [1.29, 1.82) is 0 Å². The minimum atomic E-state index is -0.542. The second kappa shape index (κ2) is 23.1. The van der Waals surface area contributed by atoms with Crippen LogP contribution >= 0.6 is 23.2 Å². The van der Waals surface area contributed by atoms with E-state index in [0.717, 1.165) is 99.1 Å². The summed E-state index contributed by atoms with van der Waals surface area (Å²) < 4.78 is 35.7. The lowest BCUT2D eigenvalue weighted by Gasteiger charge is -2.24.